The largest absolute Gasteiger partial charge is 0.435 e. The number of nitrogens with one attached hydrogen (secondary N) is 2. The lowest BCUT2D eigenvalue weighted by molar-refractivity contribution is -0.0498. The quantitative estimate of drug-likeness (QED) is 0.869. The highest BCUT2D eigenvalue weighted by Crippen LogP contribution is 2.17. The number of hydrogen-bond acceptors (Lipinski definition) is 3. The molecule has 1 aliphatic rings. The number of rotatable bonds is 5. The van der Waals surface area contributed by atoms with Gasteiger partial charge >= 0.3 is 6.61 Å². The molecule has 6 heteroatoms. The van der Waals surface area contributed by atoms with Gasteiger partial charge in [0.05, 0.1) is 0 Å². The second-order valence-corrected chi connectivity index (χ2v) is 4.92. The summed E-state index contributed by atoms with van der Waals surface area (Å²) in [5, 5.41) is 6.14. The molecular weight excluding hydrogens is 266 g/mol. The third-order valence-corrected chi connectivity index (χ3v) is 3.49. The first-order chi connectivity index (χ1) is 9.56. The summed E-state index contributed by atoms with van der Waals surface area (Å²) in [6.07, 6.45) is 1.02. The summed E-state index contributed by atoms with van der Waals surface area (Å²) in [5.74, 6) is 0.117. The highest BCUT2D eigenvalue weighted by molar-refractivity contribution is 5.94. The van der Waals surface area contributed by atoms with Gasteiger partial charge in [0, 0.05) is 11.6 Å². The zero-order valence-electron chi connectivity index (χ0n) is 11.2. The van der Waals surface area contributed by atoms with Crippen molar-refractivity contribution in [2.75, 3.05) is 13.1 Å². The SMILES string of the molecule is CC(NC(=O)c1cccc(OC(F)F)c1)C1CCNC1. The molecule has 0 saturated carbocycles. The molecule has 2 N–H and O–H groups in total. The Kier molecular flexibility index (Phi) is 4.89. The highest BCUT2D eigenvalue weighted by Gasteiger charge is 2.23. The van der Waals surface area contributed by atoms with Gasteiger partial charge in [0.2, 0.25) is 0 Å². The van der Waals surface area contributed by atoms with Crippen molar-refractivity contribution in [1.82, 2.24) is 10.6 Å². The number of carbonyl (C=O) groups is 1. The smallest absolute Gasteiger partial charge is 0.387 e. The van der Waals surface area contributed by atoms with E-state index in [2.05, 4.69) is 15.4 Å². The number of ether oxygens (including phenoxy) is 1. The molecule has 0 aliphatic carbocycles. The van der Waals surface area contributed by atoms with Crippen LogP contribution in [-0.4, -0.2) is 31.7 Å². The molecule has 1 saturated heterocycles. The van der Waals surface area contributed by atoms with Crippen molar-refractivity contribution >= 4 is 5.91 Å². The molecule has 1 heterocycles. The summed E-state index contributed by atoms with van der Waals surface area (Å²) < 4.78 is 28.6. The fraction of sp³-hybridized carbons (Fsp3) is 0.500. The van der Waals surface area contributed by atoms with Crippen LogP contribution in [0.1, 0.15) is 23.7 Å². The van der Waals surface area contributed by atoms with Gasteiger partial charge in [0.1, 0.15) is 5.75 Å². The first-order valence-electron chi connectivity index (χ1n) is 6.62. The Labute approximate surface area is 116 Å². The molecule has 2 rings (SSSR count). The van der Waals surface area contributed by atoms with Gasteiger partial charge in [-0.25, -0.2) is 0 Å². The van der Waals surface area contributed by atoms with Crippen LogP contribution in [0.3, 0.4) is 0 Å². The van der Waals surface area contributed by atoms with Crippen molar-refractivity contribution in [3.05, 3.63) is 29.8 Å². The van der Waals surface area contributed by atoms with Gasteiger partial charge in [-0.3, -0.25) is 4.79 Å². The van der Waals surface area contributed by atoms with Crippen molar-refractivity contribution in [3.63, 3.8) is 0 Å². The average Bonchev–Trinajstić information content (AvgIpc) is 2.92. The number of halogens is 2. The third-order valence-electron chi connectivity index (χ3n) is 3.49. The van der Waals surface area contributed by atoms with E-state index in [9.17, 15) is 13.6 Å². The zero-order chi connectivity index (χ0) is 14.5. The van der Waals surface area contributed by atoms with E-state index in [1.54, 1.807) is 6.07 Å². The molecule has 0 radical (unpaired) electrons. The number of benzene rings is 1. The monoisotopic (exact) mass is 284 g/mol. The van der Waals surface area contributed by atoms with E-state index in [1.807, 2.05) is 6.92 Å². The van der Waals surface area contributed by atoms with Gasteiger partial charge in [0.15, 0.2) is 0 Å². The Bertz CT molecular complexity index is 462. The highest BCUT2D eigenvalue weighted by atomic mass is 19.3. The van der Waals surface area contributed by atoms with Gasteiger partial charge in [-0.15, -0.1) is 0 Å². The molecule has 2 atom stereocenters. The summed E-state index contributed by atoms with van der Waals surface area (Å²) in [4.78, 5) is 12.1. The lowest BCUT2D eigenvalue weighted by Crippen LogP contribution is -2.38. The van der Waals surface area contributed by atoms with Crippen LogP contribution in [0.25, 0.3) is 0 Å². The minimum atomic E-state index is -2.89. The summed E-state index contributed by atoms with van der Waals surface area (Å²) in [6, 6.07) is 5.85. The number of carbonyl (C=O) groups excluding carboxylic acids is 1. The third kappa shape index (κ3) is 3.90. The predicted octanol–water partition coefficient (Wildman–Crippen LogP) is 2.02. The maximum atomic E-state index is 12.1. The lowest BCUT2D eigenvalue weighted by Gasteiger charge is -2.20. The molecule has 0 aromatic heterocycles. The molecule has 2 unspecified atom stereocenters. The van der Waals surface area contributed by atoms with Crippen molar-refractivity contribution in [2.45, 2.75) is 26.0 Å². The topological polar surface area (TPSA) is 50.4 Å². The van der Waals surface area contributed by atoms with E-state index in [0.29, 0.717) is 11.5 Å². The fourth-order valence-electron chi connectivity index (χ4n) is 2.33. The Hall–Kier alpha value is -1.69. The van der Waals surface area contributed by atoms with Gasteiger partial charge in [-0.1, -0.05) is 6.07 Å². The predicted molar refractivity (Wildman–Crippen MR) is 71.0 cm³/mol. The molecule has 1 aromatic rings. The molecule has 1 amide bonds. The first kappa shape index (κ1) is 14.7. The summed E-state index contributed by atoms with van der Waals surface area (Å²) in [6.45, 7) is 0.907. The van der Waals surface area contributed by atoms with Gasteiger partial charge in [0.25, 0.3) is 5.91 Å². The Balaban J connectivity index is 1.97. The van der Waals surface area contributed by atoms with Crippen LogP contribution in [0.5, 0.6) is 5.75 Å². The van der Waals surface area contributed by atoms with Crippen molar-refractivity contribution in [2.24, 2.45) is 5.92 Å². The summed E-state index contributed by atoms with van der Waals surface area (Å²) >= 11 is 0. The van der Waals surface area contributed by atoms with Crippen molar-refractivity contribution in [1.29, 1.82) is 0 Å². The molecule has 4 nitrogen and oxygen atoms in total. The molecule has 110 valence electrons. The summed E-state index contributed by atoms with van der Waals surface area (Å²) in [7, 11) is 0. The second kappa shape index (κ2) is 6.65. The molecule has 1 aliphatic heterocycles. The molecular formula is C14H18F2N2O2. The molecule has 1 fully saturated rings. The summed E-state index contributed by atoms with van der Waals surface area (Å²) in [5.41, 5.74) is 0.320. The van der Waals surface area contributed by atoms with E-state index < -0.39 is 6.61 Å². The van der Waals surface area contributed by atoms with E-state index in [1.165, 1.54) is 18.2 Å². The van der Waals surface area contributed by atoms with Crippen molar-refractivity contribution in [3.8, 4) is 5.75 Å². The maximum Gasteiger partial charge on any atom is 0.387 e. The average molecular weight is 284 g/mol. The molecule has 20 heavy (non-hydrogen) atoms. The van der Waals surface area contributed by atoms with Crippen LogP contribution >= 0.6 is 0 Å². The van der Waals surface area contributed by atoms with Crippen LogP contribution in [0, 0.1) is 5.92 Å². The van der Waals surface area contributed by atoms with Gasteiger partial charge in [-0.05, 0) is 50.6 Å². The number of alkyl halides is 2. The zero-order valence-corrected chi connectivity index (χ0v) is 11.2. The number of hydrogen-bond donors (Lipinski definition) is 2. The minimum Gasteiger partial charge on any atom is -0.435 e. The Morgan fingerprint density at radius 2 is 2.30 bits per heavy atom. The van der Waals surface area contributed by atoms with Crippen LogP contribution < -0.4 is 15.4 Å². The fourth-order valence-corrected chi connectivity index (χ4v) is 2.33. The van der Waals surface area contributed by atoms with Gasteiger partial charge in [-0.2, -0.15) is 8.78 Å². The van der Waals surface area contributed by atoms with E-state index >= 15 is 0 Å². The van der Waals surface area contributed by atoms with E-state index in [0.717, 1.165) is 19.5 Å². The van der Waals surface area contributed by atoms with Gasteiger partial charge < -0.3 is 15.4 Å². The van der Waals surface area contributed by atoms with Crippen LogP contribution in [0.4, 0.5) is 8.78 Å². The molecule has 0 spiro atoms. The lowest BCUT2D eigenvalue weighted by atomic mass is 10.0. The Morgan fingerprint density at radius 1 is 1.50 bits per heavy atom. The standard InChI is InChI=1S/C14H18F2N2O2/c1-9(11-5-6-17-8-11)18-13(19)10-3-2-4-12(7-10)20-14(15)16/h2-4,7,9,11,14,17H,5-6,8H2,1H3,(H,18,19). The Morgan fingerprint density at radius 3 is 2.95 bits per heavy atom. The van der Waals surface area contributed by atoms with Crippen LogP contribution in [0.15, 0.2) is 24.3 Å². The van der Waals surface area contributed by atoms with Crippen LogP contribution in [-0.2, 0) is 0 Å². The van der Waals surface area contributed by atoms with Crippen molar-refractivity contribution < 1.29 is 18.3 Å². The van der Waals surface area contributed by atoms with E-state index in [-0.39, 0.29) is 17.7 Å². The molecule has 1 aromatic carbocycles. The molecule has 0 bridgehead atoms. The number of amides is 1. The van der Waals surface area contributed by atoms with Crippen LogP contribution in [0.2, 0.25) is 0 Å². The minimum absolute atomic E-state index is 0.0113. The normalized spacial score (nSPS) is 19.9. The van der Waals surface area contributed by atoms with E-state index in [4.69, 9.17) is 0 Å². The first-order valence-corrected chi connectivity index (χ1v) is 6.62. The maximum absolute atomic E-state index is 12.1. The second-order valence-electron chi connectivity index (χ2n) is 4.92.